The molecule has 3 nitrogen and oxygen atoms in total. The Morgan fingerprint density at radius 3 is 2.18 bits per heavy atom. The lowest BCUT2D eigenvalue weighted by Crippen LogP contribution is -2.33. The van der Waals surface area contributed by atoms with Crippen molar-refractivity contribution in [1.82, 2.24) is 5.01 Å². The van der Waals surface area contributed by atoms with Gasteiger partial charge >= 0.3 is 6.18 Å². The number of rotatable bonds is 2. The number of carbonyl (C=O) groups excluding carboxylic acids is 1. The first-order valence-electron chi connectivity index (χ1n) is 2.68. The van der Waals surface area contributed by atoms with Gasteiger partial charge in [-0.25, -0.2) is 5.01 Å². The second kappa shape index (κ2) is 3.36. The highest BCUT2D eigenvalue weighted by Gasteiger charge is 2.31. The molecule has 1 amide bonds. The summed E-state index contributed by atoms with van der Waals surface area (Å²) in [5.74, 6) is -0.780. The molecule has 0 N–H and O–H groups in total. The van der Waals surface area contributed by atoms with Gasteiger partial charge in [0.15, 0.2) is 0 Å². The highest BCUT2D eigenvalue weighted by atomic mass is 19.4. The first-order chi connectivity index (χ1) is 4.87. The minimum atomic E-state index is -4.42. The van der Waals surface area contributed by atoms with E-state index in [2.05, 4.69) is 11.8 Å². The van der Waals surface area contributed by atoms with E-state index >= 15 is 0 Å². The summed E-state index contributed by atoms with van der Waals surface area (Å²) >= 11 is 0. The zero-order chi connectivity index (χ0) is 9.07. The standard InChI is InChI=1S/C5H7F3N2O/c1-4(11)10(9-2)3-5(6,7)8/h2-3H2,1H3. The largest absolute Gasteiger partial charge is 0.408 e. The predicted octanol–water partition coefficient (Wildman–Crippen LogP) is 1.01. The summed E-state index contributed by atoms with van der Waals surface area (Å²) < 4.78 is 34.7. The number of nitrogens with zero attached hydrogens (tertiary/aromatic N) is 2. The molecular weight excluding hydrogens is 161 g/mol. The number of alkyl halides is 3. The van der Waals surface area contributed by atoms with Crippen LogP contribution in [0.5, 0.6) is 0 Å². The van der Waals surface area contributed by atoms with Gasteiger partial charge in [0.1, 0.15) is 6.54 Å². The van der Waals surface area contributed by atoms with E-state index in [1.54, 1.807) is 0 Å². The molecule has 0 aromatic rings. The molecule has 0 atom stereocenters. The van der Waals surface area contributed by atoms with Crippen molar-refractivity contribution >= 4 is 12.6 Å². The number of amides is 1. The molecule has 6 heteroatoms. The van der Waals surface area contributed by atoms with Crippen LogP contribution in [0, 0.1) is 0 Å². The van der Waals surface area contributed by atoms with Crippen LogP contribution in [0.1, 0.15) is 6.92 Å². The van der Waals surface area contributed by atoms with Gasteiger partial charge in [-0.05, 0) is 0 Å². The summed E-state index contributed by atoms with van der Waals surface area (Å²) in [5, 5.41) is 3.14. The van der Waals surface area contributed by atoms with E-state index < -0.39 is 18.6 Å². The summed E-state index contributed by atoms with van der Waals surface area (Å²) in [6, 6.07) is 0. The Bertz CT molecular complexity index is 166. The number of hydrogen-bond donors (Lipinski definition) is 0. The maximum Gasteiger partial charge on any atom is 0.408 e. The molecule has 0 aromatic carbocycles. The van der Waals surface area contributed by atoms with Crippen LogP contribution in [0.2, 0.25) is 0 Å². The van der Waals surface area contributed by atoms with Crippen LogP contribution in [0.3, 0.4) is 0 Å². The molecule has 64 valence electrons. The van der Waals surface area contributed by atoms with Crippen LogP contribution in [0.15, 0.2) is 5.10 Å². The maximum atomic E-state index is 11.6. The van der Waals surface area contributed by atoms with Gasteiger partial charge in [0, 0.05) is 13.6 Å². The number of hydrogen-bond acceptors (Lipinski definition) is 2. The lowest BCUT2D eigenvalue weighted by Gasteiger charge is -2.15. The highest BCUT2D eigenvalue weighted by Crippen LogP contribution is 2.16. The van der Waals surface area contributed by atoms with Crippen LogP contribution < -0.4 is 0 Å². The number of hydrazone groups is 1. The second-order valence-corrected chi connectivity index (χ2v) is 1.83. The molecule has 11 heavy (non-hydrogen) atoms. The van der Waals surface area contributed by atoms with E-state index in [9.17, 15) is 18.0 Å². The van der Waals surface area contributed by atoms with Crippen molar-refractivity contribution in [3.05, 3.63) is 0 Å². The van der Waals surface area contributed by atoms with Gasteiger partial charge in [0.05, 0.1) is 0 Å². The van der Waals surface area contributed by atoms with Gasteiger partial charge in [-0.1, -0.05) is 0 Å². The fourth-order valence-electron chi connectivity index (χ4n) is 0.431. The number of halogens is 3. The molecule has 0 saturated heterocycles. The average Bonchev–Trinajstić information content (AvgIpc) is 1.80. The summed E-state index contributed by atoms with van der Waals surface area (Å²) in [7, 11) is 0. The molecule has 0 aliphatic carbocycles. The molecule has 0 spiro atoms. The van der Waals surface area contributed by atoms with Crippen LogP contribution in [-0.2, 0) is 4.79 Å². The Morgan fingerprint density at radius 2 is 2.09 bits per heavy atom. The molecule has 0 aliphatic heterocycles. The lowest BCUT2D eigenvalue weighted by atomic mass is 10.5. The third-order valence-electron chi connectivity index (χ3n) is 0.863. The zero-order valence-electron chi connectivity index (χ0n) is 5.85. The van der Waals surface area contributed by atoms with Crippen molar-refractivity contribution in [3.63, 3.8) is 0 Å². The minimum absolute atomic E-state index is 0.250. The van der Waals surface area contributed by atoms with Crippen molar-refractivity contribution in [2.24, 2.45) is 5.10 Å². The summed E-state index contributed by atoms with van der Waals surface area (Å²) in [5.41, 5.74) is 0. The Hall–Kier alpha value is -1.07. The highest BCUT2D eigenvalue weighted by molar-refractivity contribution is 5.73. The third kappa shape index (κ3) is 4.35. The lowest BCUT2D eigenvalue weighted by molar-refractivity contribution is -0.159. The molecule has 0 fully saturated rings. The number of carbonyl (C=O) groups is 1. The maximum absolute atomic E-state index is 11.6. The van der Waals surface area contributed by atoms with E-state index in [4.69, 9.17) is 0 Å². The topological polar surface area (TPSA) is 32.7 Å². The van der Waals surface area contributed by atoms with Crippen molar-refractivity contribution in [2.45, 2.75) is 13.1 Å². The zero-order valence-corrected chi connectivity index (χ0v) is 5.85. The Balaban J connectivity index is 4.10. The van der Waals surface area contributed by atoms with Crippen LogP contribution >= 0.6 is 0 Å². The van der Waals surface area contributed by atoms with Crippen molar-refractivity contribution in [1.29, 1.82) is 0 Å². The molecule has 0 aromatic heterocycles. The average molecular weight is 168 g/mol. The molecule has 0 bridgehead atoms. The summed E-state index contributed by atoms with van der Waals surface area (Å²) in [6.07, 6.45) is -4.42. The monoisotopic (exact) mass is 168 g/mol. The van der Waals surface area contributed by atoms with Gasteiger partial charge in [0.2, 0.25) is 5.91 Å². The molecule has 0 unspecified atom stereocenters. The fraction of sp³-hybridized carbons (Fsp3) is 0.600. The van der Waals surface area contributed by atoms with Crippen LogP contribution in [0.25, 0.3) is 0 Å². The summed E-state index contributed by atoms with van der Waals surface area (Å²) in [6.45, 7) is 2.42. The quantitative estimate of drug-likeness (QED) is 0.447. The van der Waals surface area contributed by atoms with Gasteiger partial charge < -0.3 is 0 Å². The van der Waals surface area contributed by atoms with Crippen LogP contribution in [0.4, 0.5) is 13.2 Å². The van der Waals surface area contributed by atoms with Gasteiger partial charge in [-0.15, -0.1) is 0 Å². The minimum Gasteiger partial charge on any atom is -0.273 e. The molecular formula is C5H7F3N2O. The van der Waals surface area contributed by atoms with Gasteiger partial charge in [-0.2, -0.15) is 18.3 Å². The first-order valence-corrected chi connectivity index (χ1v) is 2.68. The van der Waals surface area contributed by atoms with E-state index in [1.807, 2.05) is 0 Å². The molecule has 0 radical (unpaired) electrons. The summed E-state index contributed by atoms with van der Waals surface area (Å²) in [4.78, 5) is 10.3. The van der Waals surface area contributed by atoms with E-state index in [-0.39, 0.29) is 5.01 Å². The second-order valence-electron chi connectivity index (χ2n) is 1.83. The Morgan fingerprint density at radius 1 is 1.64 bits per heavy atom. The van der Waals surface area contributed by atoms with Crippen molar-refractivity contribution < 1.29 is 18.0 Å². The van der Waals surface area contributed by atoms with Crippen molar-refractivity contribution in [2.75, 3.05) is 6.54 Å². The predicted molar refractivity (Wildman–Crippen MR) is 33.0 cm³/mol. The van der Waals surface area contributed by atoms with E-state index in [0.29, 0.717) is 0 Å². The van der Waals surface area contributed by atoms with E-state index in [0.717, 1.165) is 6.92 Å². The van der Waals surface area contributed by atoms with Gasteiger partial charge in [-0.3, -0.25) is 4.79 Å². The van der Waals surface area contributed by atoms with Gasteiger partial charge in [0.25, 0.3) is 0 Å². The van der Waals surface area contributed by atoms with Crippen molar-refractivity contribution in [3.8, 4) is 0 Å². The van der Waals surface area contributed by atoms with Crippen LogP contribution in [-0.4, -0.2) is 30.4 Å². The fourth-order valence-corrected chi connectivity index (χ4v) is 0.431. The van der Waals surface area contributed by atoms with E-state index in [1.165, 1.54) is 0 Å². The molecule has 0 rings (SSSR count). The Kier molecular flexibility index (Phi) is 3.03. The Labute approximate surface area is 61.5 Å². The molecule has 0 aliphatic rings. The smallest absolute Gasteiger partial charge is 0.273 e. The molecule has 0 heterocycles. The first kappa shape index (κ1) is 9.93. The third-order valence-corrected chi connectivity index (χ3v) is 0.863. The SMILES string of the molecule is C=NN(CC(F)(F)F)C(C)=O. The normalized spacial score (nSPS) is 10.9. The molecule has 0 saturated carbocycles.